The van der Waals surface area contributed by atoms with Gasteiger partial charge in [0.25, 0.3) is 0 Å². The van der Waals surface area contributed by atoms with Crippen LogP contribution in [0, 0.1) is 6.92 Å². The minimum Gasteiger partial charge on any atom is -0.459 e. The molecule has 0 saturated carbocycles. The third-order valence-corrected chi connectivity index (χ3v) is 7.25. The van der Waals surface area contributed by atoms with E-state index in [1.165, 1.54) is 11.8 Å². The van der Waals surface area contributed by atoms with Crippen molar-refractivity contribution >= 4 is 28.8 Å². The number of aryl methyl sites for hydroxylation is 1. The van der Waals surface area contributed by atoms with Gasteiger partial charge in [0.2, 0.25) is 5.91 Å². The number of nitrogens with zero attached hydrogens (tertiary/aromatic N) is 4. The van der Waals surface area contributed by atoms with E-state index in [-0.39, 0.29) is 30.4 Å². The van der Waals surface area contributed by atoms with E-state index in [0.29, 0.717) is 11.3 Å². The SMILES string of the molecule is CC1=C(C(=O)OC(C)C)[C@H](c2ccc(C)cc2)N2C(CC(=O)N3CCCN(C)CC3)=CSC2=N1. The van der Waals surface area contributed by atoms with E-state index in [1.807, 2.05) is 62.3 Å². The Bertz CT molecular complexity index is 1040. The van der Waals surface area contributed by atoms with Crippen LogP contribution in [0.3, 0.4) is 0 Å². The van der Waals surface area contributed by atoms with Crippen molar-refractivity contribution in [1.29, 1.82) is 0 Å². The van der Waals surface area contributed by atoms with Crippen LogP contribution in [0.2, 0.25) is 0 Å². The van der Waals surface area contributed by atoms with Gasteiger partial charge >= 0.3 is 5.97 Å². The van der Waals surface area contributed by atoms with Crippen molar-refractivity contribution in [1.82, 2.24) is 14.7 Å². The summed E-state index contributed by atoms with van der Waals surface area (Å²) < 4.78 is 5.62. The Labute approximate surface area is 206 Å². The van der Waals surface area contributed by atoms with Crippen LogP contribution in [0.25, 0.3) is 0 Å². The topological polar surface area (TPSA) is 65.5 Å². The van der Waals surface area contributed by atoms with Crippen LogP contribution in [-0.2, 0) is 14.3 Å². The average molecular weight is 483 g/mol. The summed E-state index contributed by atoms with van der Waals surface area (Å²) in [5.41, 5.74) is 4.18. The molecule has 0 aromatic heterocycles. The van der Waals surface area contributed by atoms with Gasteiger partial charge in [0.05, 0.1) is 29.8 Å². The van der Waals surface area contributed by atoms with Crippen LogP contribution in [0.4, 0.5) is 0 Å². The molecule has 1 amide bonds. The summed E-state index contributed by atoms with van der Waals surface area (Å²) in [6.07, 6.45) is 1.03. The van der Waals surface area contributed by atoms with Crippen molar-refractivity contribution < 1.29 is 14.3 Å². The number of carbonyl (C=O) groups is 2. The lowest BCUT2D eigenvalue weighted by Gasteiger charge is -2.37. The number of amides is 1. The third-order valence-electron chi connectivity index (χ3n) is 6.36. The van der Waals surface area contributed by atoms with Crippen LogP contribution < -0.4 is 0 Å². The molecule has 34 heavy (non-hydrogen) atoms. The molecule has 7 nitrogen and oxygen atoms in total. The first-order chi connectivity index (χ1) is 16.2. The first-order valence-electron chi connectivity index (χ1n) is 11.9. The molecular weight excluding hydrogens is 448 g/mol. The van der Waals surface area contributed by atoms with Gasteiger partial charge in [0, 0.05) is 25.3 Å². The minimum absolute atomic E-state index is 0.114. The number of fused-ring (bicyclic) bond motifs is 1. The zero-order valence-electron chi connectivity index (χ0n) is 20.7. The van der Waals surface area contributed by atoms with Gasteiger partial charge in [-0.3, -0.25) is 4.79 Å². The highest BCUT2D eigenvalue weighted by Gasteiger charge is 2.41. The Morgan fingerprint density at radius 3 is 2.56 bits per heavy atom. The first-order valence-corrected chi connectivity index (χ1v) is 12.8. The van der Waals surface area contributed by atoms with E-state index < -0.39 is 0 Å². The minimum atomic E-state index is -0.385. The Morgan fingerprint density at radius 2 is 1.85 bits per heavy atom. The molecule has 182 valence electrons. The molecule has 0 bridgehead atoms. The number of hydrogen-bond donors (Lipinski definition) is 0. The number of rotatable bonds is 5. The fourth-order valence-electron chi connectivity index (χ4n) is 4.54. The summed E-state index contributed by atoms with van der Waals surface area (Å²) in [5.74, 6) is -0.248. The molecule has 0 spiro atoms. The molecule has 4 rings (SSSR count). The smallest absolute Gasteiger partial charge is 0.338 e. The summed E-state index contributed by atoms with van der Waals surface area (Å²) in [4.78, 5) is 37.5. The van der Waals surface area contributed by atoms with E-state index >= 15 is 0 Å². The average Bonchev–Trinajstić information content (AvgIpc) is 3.02. The van der Waals surface area contributed by atoms with Crippen LogP contribution in [-0.4, -0.2) is 71.1 Å². The zero-order valence-corrected chi connectivity index (χ0v) is 21.5. The second-order valence-corrected chi connectivity index (χ2v) is 10.3. The summed E-state index contributed by atoms with van der Waals surface area (Å²) in [6, 6.07) is 7.81. The number of aliphatic imine (C=N–C) groups is 1. The number of benzene rings is 1. The molecular formula is C26H34N4O3S. The van der Waals surface area contributed by atoms with Crippen LogP contribution in [0.15, 0.2) is 51.6 Å². The van der Waals surface area contributed by atoms with Crippen LogP contribution in [0.5, 0.6) is 0 Å². The van der Waals surface area contributed by atoms with Crippen molar-refractivity contribution in [3.63, 3.8) is 0 Å². The van der Waals surface area contributed by atoms with Gasteiger partial charge in [-0.25, -0.2) is 9.79 Å². The molecule has 8 heteroatoms. The fraction of sp³-hybridized carbons (Fsp3) is 0.500. The van der Waals surface area contributed by atoms with Crippen molar-refractivity contribution in [2.45, 2.75) is 52.7 Å². The maximum atomic E-state index is 13.3. The normalized spacial score (nSPS) is 21.3. The number of ether oxygens (including phenoxy) is 1. The maximum Gasteiger partial charge on any atom is 0.338 e. The number of carbonyl (C=O) groups excluding carboxylic acids is 2. The molecule has 0 aliphatic carbocycles. The predicted octanol–water partition coefficient (Wildman–Crippen LogP) is 4.08. The molecule has 0 radical (unpaired) electrons. The van der Waals surface area contributed by atoms with Crippen molar-refractivity contribution in [2.24, 2.45) is 4.99 Å². The summed E-state index contributed by atoms with van der Waals surface area (Å²) >= 11 is 1.51. The molecule has 0 N–H and O–H groups in total. The highest BCUT2D eigenvalue weighted by atomic mass is 32.2. The zero-order chi connectivity index (χ0) is 24.4. The third kappa shape index (κ3) is 5.23. The Kier molecular flexibility index (Phi) is 7.48. The lowest BCUT2D eigenvalue weighted by atomic mass is 9.93. The quantitative estimate of drug-likeness (QED) is 0.590. The first kappa shape index (κ1) is 24.5. The van der Waals surface area contributed by atoms with Gasteiger partial charge in [-0.15, -0.1) is 0 Å². The maximum absolute atomic E-state index is 13.3. The second kappa shape index (κ2) is 10.4. The Hall–Kier alpha value is -2.58. The molecule has 1 aromatic rings. The second-order valence-electron chi connectivity index (χ2n) is 9.47. The Morgan fingerprint density at radius 1 is 1.12 bits per heavy atom. The van der Waals surface area contributed by atoms with Gasteiger partial charge in [0.15, 0.2) is 5.17 Å². The monoisotopic (exact) mass is 482 g/mol. The fourth-order valence-corrected chi connectivity index (χ4v) is 5.50. The molecule has 3 heterocycles. The van der Waals surface area contributed by atoms with E-state index in [1.54, 1.807) is 0 Å². The molecule has 1 atom stereocenters. The van der Waals surface area contributed by atoms with Gasteiger partial charge in [-0.2, -0.15) is 0 Å². The van der Waals surface area contributed by atoms with Crippen molar-refractivity contribution in [3.8, 4) is 0 Å². The number of esters is 1. The summed E-state index contributed by atoms with van der Waals surface area (Å²) in [6.45, 7) is 11.0. The highest BCUT2D eigenvalue weighted by Crippen LogP contribution is 2.45. The van der Waals surface area contributed by atoms with E-state index in [2.05, 4.69) is 16.8 Å². The number of thioether (sulfide) groups is 1. The van der Waals surface area contributed by atoms with Crippen LogP contribution >= 0.6 is 11.8 Å². The van der Waals surface area contributed by atoms with Crippen LogP contribution in [0.1, 0.15) is 50.8 Å². The Balaban J connectivity index is 1.65. The number of hydrogen-bond acceptors (Lipinski definition) is 7. The lowest BCUT2D eigenvalue weighted by Crippen LogP contribution is -2.39. The summed E-state index contributed by atoms with van der Waals surface area (Å²) in [7, 11) is 2.10. The van der Waals surface area contributed by atoms with Gasteiger partial charge in [0.1, 0.15) is 0 Å². The number of amidine groups is 1. The van der Waals surface area contributed by atoms with Gasteiger partial charge in [-0.1, -0.05) is 41.6 Å². The van der Waals surface area contributed by atoms with Crippen molar-refractivity contribution in [2.75, 3.05) is 33.2 Å². The molecule has 3 aliphatic heterocycles. The van der Waals surface area contributed by atoms with Gasteiger partial charge in [-0.05, 0) is 58.7 Å². The predicted molar refractivity (Wildman–Crippen MR) is 136 cm³/mol. The molecule has 3 aliphatic rings. The van der Waals surface area contributed by atoms with E-state index in [4.69, 9.17) is 9.73 Å². The largest absolute Gasteiger partial charge is 0.459 e. The number of allylic oxidation sites excluding steroid dienone is 1. The standard InChI is InChI=1S/C26H34N4O3S/c1-17(2)33-25(32)23-19(4)27-26-30(24(23)20-9-7-18(3)8-10-20)21(16-34-26)15-22(31)29-12-6-11-28(5)13-14-29/h7-10,16-17,24H,6,11-15H2,1-5H3/t24-/m0/s1. The molecule has 1 aromatic carbocycles. The summed E-state index contributed by atoms with van der Waals surface area (Å²) in [5, 5.41) is 2.80. The molecule has 1 saturated heterocycles. The highest BCUT2D eigenvalue weighted by molar-refractivity contribution is 8.16. The number of likely N-dealkylation sites (N-methyl/N-ethyl adjacent to an activating group) is 1. The van der Waals surface area contributed by atoms with Crippen molar-refractivity contribution in [3.05, 3.63) is 57.8 Å². The lowest BCUT2D eigenvalue weighted by molar-refractivity contribution is -0.143. The van der Waals surface area contributed by atoms with Gasteiger partial charge < -0.3 is 19.4 Å². The van der Waals surface area contributed by atoms with E-state index in [0.717, 1.165) is 54.6 Å². The molecule has 0 unspecified atom stereocenters. The molecule has 1 fully saturated rings. The van der Waals surface area contributed by atoms with E-state index in [9.17, 15) is 9.59 Å².